The molecule has 0 aromatic rings. The summed E-state index contributed by atoms with van der Waals surface area (Å²) in [5, 5.41) is 79.9. The van der Waals surface area contributed by atoms with Gasteiger partial charge in [-0.1, -0.05) is 19.8 Å². The van der Waals surface area contributed by atoms with Crippen molar-refractivity contribution >= 4 is 5.97 Å². The van der Waals surface area contributed by atoms with Crippen molar-refractivity contribution in [3.05, 3.63) is 0 Å². The van der Waals surface area contributed by atoms with Crippen molar-refractivity contribution in [1.82, 2.24) is 0 Å². The monoisotopic (exact) mass is 456 g/mol. The van der Waals surface area contributed by atoms with Gasteiger partial charge >= 0.3 is 11.9 Å². The number of rotatable bonds is 10. The first-order valence-corrected chi connectivity index (χ1v) is 10.1. The van der Waals surface area contributed by atoms with Gasteiger partial charge in [0.2, 0.25) is 5.79 Å². The molecule has 2 aliphatic heterocycles. The van der Waals surface area contributed by atoms with Crippen LogP contribution in [0, 0.1) is 0 Å². The molecule has 8 N–H and O–H groups in total. The minimum absolute atomic E-state index is 0.144. The summed E-state index contributed by atoms with van der Waals surface area (Å²) in [6.45, 7) is -0.923. The number of carbonyl (C=O) groups is 1. The van der Waals surface area contributed by atoms with E-state index in [2.05, 4.69) is 0 Å². The predicted molar refractivity (Wildman–Crippen MR) is 97.8 cm³/mol. The van der Waals surface area contributed by atoms with Crippen LogP contribution in [0.4, 0.5) is 0 Å². The molecule has 9 atom stereocenters. The third kappa shape index (κ3) is 5.17. The summed E-state index contributed by atoms with van der Waals surface area (Å²) in [6, 6.07) is 0. The van der Waals surface area contributed by atoms with Crippen LogP contribution in [0.15, 0.2) is 0 Å². The molecule has 0 bridgehead atoms. The highest BCUT2D eigenvalue weighted by Crippen LogP contribution is 2.41. The molecule has 2 fully saturated rings. The van der Waals surface area contributed by atoms with Gasteiger partial charge in [-0.25, -0.2) is 0 Å². The molecule has 0 amide bonds. The van der Waals surface area contributed by atoms with E-state index in [4.69, 9.17) is 18.9 Å². The maximum atomic E-state index is 12.4. The number of aliphatic hydroxyl groups excluding tert-OH is 8. The van der Waals surface area contributed by atoms with E-state index in [1.807, 2.05) is 6.92 Å². The molecule has 31 heavy (non-hydrogen) atoms. The van der Waals surface area contributed by atoms with Crippen LogP contribution >= 0.6 is 0 Å². The van der Waals surface area contributed by atoms with Crippen LogP contribution in [0.5, 0.6) is 0 Å². The highest BCUT2D eigenvalue weighted by Gasteiger charge is 2.65. The lowest BCUT2D eigenvalue weighted by Crippen LogP contribution is -2.70. The number of ether oxygens (including phenoxy) is 4. The number of hydrogen-bond donors (Lipinski definition) is 8. The summed E-state index contributed by atoms with van der Waals surface area (Å²) >= 11 is 0. The highest BCUT2D eigenvalue weighted by atomic mass is 16.9. The summed E-state index contributed by atoms with van der Waals surface area (Å²) in [4.78, 5) is 12.4. The summed E-state index contributed by atoms with van der Waals surface area (Å²) in [6.07, 6.45) is -11.1. The molecule has 0 spiro atoms. The van der Waals surface area contributed by atoms with Crippen LogP contribution < -0.4 is 0 Å². The summed E-state index contributed by atoms with van der Waals surface area (Å²) < 4.78 is 21.2. The fourth-order valence-corrected chi connectivity index (χ4v) is 3.52. The first-order valence-electron chi connectivity index (χ1n) is 10.1. The number of aliphatic hydroxyl groups is 8. The van der Waals surface area contributed by atoms with E-state index >= 15 is 0 Å². The first-order chi connectivity index (χ1) is 14.6. The average molecular weight is 456 g/mol. The fourth-order valence-electron chi connectivity index (χ4n) is 3.52. The quantitative estimate of drug-likeness (QED) is 0.0896. The molecule has 0 saturated carbocycles. The Bertz CT molecular complexity index is 589. The molecule has 13 heteroatoms. The number of unbranched alkanes of at least 4 members (excludes halogenated alkanes) is 2. The summed E-state index contributed by atoms with van der Waals surface area (Å²) in [5.41, 5.74) is 0. The molecule has 0 aromatic carbocycles. The zero-order valence-electron chi connectivity index (χ0n) is 17.1. The maximum absolute atomic E-state index is 12.4. The molecule has 0 aromatic heterocycles. The predicted octanol–water partition coefficient (Wildman–Crippen LogP) is -3.94. The molecule has 1 unspecified atom stereocenters. The van der Waals surface area contributed by atoms with Gasteiger partial charge in [-0.15, -0.1) is 0 Å². The lowest BCUT2D eigenvalue weighted by atomic mass is 9.97. The Morgan fingerprint density at radius 2 is 1.48 bits per heavy atom. The van der Waals surface area contributed by atoms with Gasteiger partial charge in [-0.05, 0) is 6.42 Å². The van der Waals surface area contributed by atoms with E-state index in [1.165, 1.54) is 0 Å². The van der Waals surface area contributed by atoms with Gasteiger partial charge < -0.3 is 55.1 Å². The van der Waals surface area contributed by atoms with E-state index in [-0.39, 0.29) is 6.42 Å². The standard InChI is InChI=1S/C18H32O13/c1-2-3-4-5-11(22)30-18(16(27)14(25)12(23)9(6-19)29-18)31-17(8-21)15(26)13(24)10(7-20)28-17/h9-10,12-16,19-21,23-27H,2-8H2,1H3/t9-,10-,12-,13-,14+,15+,16-,17?,18+/m1/s1. The second-order valence-corrected chi connectivity index (χ2v) is 7.65. The Morgan fingerprint density at radius 3 is 2.00 bits per heavy atom. The Balaban J connectivity index is 2.40. The van der Waals surface area contributed by atoms with Crippen LogP contribution in [-0.4, -0.2) is 121 Å². The molecule has 2 saturated heterocycles. The summed E-state index contributed by atoms with van der Waals surface area (Å²) in [7, 11) is 0. The van der Waals surface area contributed by atoms with E-state index in [0.717, 1.165) is 6.42 Å². The molecule has 0 radical (unpaired) electrons. The van der Waals surface area contributed by atoms with Gasteiger partial charge in [-0.2, -0.15) is 0 Å². The smallest absolute Gasteiger partial charge is 0.362 e. The van der Waals surface area contributed by atoms with Gasteiger partial charge in [0, 0.05) is 6.42 Å². The van der Waals surface area contributed by atoms with Crippen molar-refractivity contribution in [1.29, 1.82) is 0 Å². The minimum Gasteiger partial charge on any atom is -0.405 e. The Kier molecular flexibility index (Phi) is 9.13. The Morgan fingerprint density at radius 1 is 0.871 bits per heavy atom. The molecular formula is C18H32O13. The molecule has 2 rings (SSSR count). The highest BCUT2D eigenvalue weighted by molar-refractivity contribution is 5.69. The van der Waals surface area contributed by atoms with E-state index in [1.54, 1.807) is 0 Å². The van der Waals surface area contributed by atoms with Gasteiger partial charge in [-0.3, -0.25) is 9.53 Å². The topological polar surface area (TPSA) is 216 Å². The van der Waals surface area contributed by atoms with Crippen LogP contribution in [0.2, 0.25) is 0 Å². The van der Waals surface area contributed by atoms with Crippen molar-refractivity contribution < 1.29 is 64.6 Å². The van der Waals surface area contributed by atoms with Gasteiger partial charge in [0.25, 0.3) is 0 Å². The Labute approximate surface area is 178 Å². The summed E-state index contributed by atoms with van der Waals surface area (Å²) in [5.74, 6) is -6.45. The van der Waals surface area contributed by atoms with Crippen molar-refractivity contribution in [2.75, 3.05) is 19.8 Å². The van der Waals surface area contributed by atoms with Crippen LogP contribution in [0.3, 0.4) is 0 Å². The SMILES string of the molecule is CCCCCC(=O)O[C@@]1(OC2(CO)O[C@H](CO)[C@@H](O)[C@@H]2O)O[C@H](CO)[C@@H](O)[C@H](O)[C@H]1O. The van der Waals surface area contributed by atoms with Crippen molar-refractivity contribution in [3.63, 3.8) is 0 Å². The Hall–Kier alpha value is -0.970. The third-order valence-electron chi connectivity index (χ3n) is 5.37. The molecular weight excluding hydrogens is 424 g/mol. The molecule has 2 aliphatic rings. The molecule has 2 heterocycles. The zero-order chi connectivity index (χ0) is 23.4. The van der Waals surface area contributed by atoms with Crippen LogP contribution in [0.1, 0.15) is 32.6 Å². The van der Waals surface area contributed by atoms with Gasteiger partial charge in [0.05, 0.1) is 13.2 Å². The van der Waals surface area contributed by atoms with E-state index in [9.17, 15) is 45.6 Å². The lowest BCUT2D eigenvalue weighted by molar-refractivity contribution is -0.498. The van der Waals surface area contributed by atoms with E-state index in [0.29, 0.717) is 12.8 Å². The second-order valence-electron chi connectivity index (χ2n) is 7.65. The van der Waals surface area contributed by atoms with Gasteiger partial charge in [0.1, 0.15) is 43.2 Å². The van der Waals surface area contributed by atoms with Gasteiger partial charge in [0.15, 0.2) is 6.10 Å². The number of carbonyl (C=O) groups excluding carboxylic acids is 1. The van der Waals surface area contributed by atoms with Crippen molar-refractivity contribution in [3.8, 4) is 0 Å². The van der Waals surface area contributed by atoms with Crippen LogP contribution in [-0.2, 0) is 23.7 Å². The molecule has 13 nitrogen and oxygen atoms in total. The average Bonchev–Trinajstić information content (AvgIpc) is 3.00. The largest absolute Gasteiger partial charge is 0.405 e. The third-order valence-corrected chi connectivity index (χ3v) is 5.37. The minimum atomic E-state index is -2.94. The fraction of sp³-hybridized carbons (Fsp3) is 0.944. The second kappa shape index (κ2) is 10.8. The number of esters is 1. The first kappa shape index (κ1) is 26.3. The van der Waals surface area contributed by atoms with Crippen molar-refractivity contribution in [2.24, 2.45) is 0 Å². The van der Waals surface area contributed by atoms with Crippen LogP contribution in [0.25, 0.3) is 0 Å². The van der Waals surface area contributed by atoms with Crippen molar-refractivity contribution in [2.45, 2.75) is 87.1 Å². The molecule has 0 aliphatic carbocycles. The van der Waals surface area contributed by atoms with E-state index < -0.39 is 80.3 Å². The lowest BCUT2D eigenvalue weighted by Gasteiger charge is -2.49. The zero-order valence-corrected chi connectivity index (χ0v) is 17.1. The normalized spacial score (nSPS) is 43.2. The maximum Gasteiger partial charge on any atom is 0.362 e. The molecule has 182 valence electrons. The number of hydrogen-bond acceptors (Lipinski definition) is 13.